The zero-order chi connectivity index (χ0) is 24.3. The average Bonchev–Trinajstić information content (AvgIpc) is 2.69. The first-order chi connectivity index (χ1) is 15.0. The van der Waals surface area contributed by atoms with Crippen molar-refractivity contribution in [3.05, 3.63) is 29.8 Å². The standard InChI is InChI=1S/C25H40N2O5/c1-6-7-12-21(29)13-10-8-9-11-19-14-16-20(17-15-19)26-23(30)22(18(2)28)27(24(31)32)25(3,4)5/h14-18,22,28H,6-13H2,1-5H3,(H,26,30)(H,31,32)/t18-,22+/m1/s1. The minimum absolute atomic E-state index is 0.357. The lowest BCUT2D eigenvalue weighted by atomic mass is 10.00. The third kappa shape index (κ3) is 9.39. The number of ketones is 1. The van der Waals surface area contributed by atoms with Gasteiger partial charge in [0.1, 0.15) is 11.8 Å². The van der Waals surface area contributed by atoms with Crippen LogP contribution in [-0.4, -0.2) is 50.6 Å². The molecule has 1 aromatic carbocycles. The number of aliphatic hydroxyl groups excluding tert-OH is 1. The fraction of sp³-hybridized carbons (Fsp3) is 0.640. The molecule has 1 rings (SSSR count). The molecule has 0 aliphatic heterocycles. The number of benzene rings is 1. The van der Waals surface area contributed by atoms with Gasteiger partial charge in [-0.1, -0.05) is 31.9 Å². The molecule has 0 aliphatic rings. The maximum absolute atomic E-state index is 12.8. The molecule has 7 heteroatoms. The monoisotopic (exact) mass is 448 g/mol. The number of carbonyl (C=O) groups is 3. The van der Waals surface area contributed by atoms with E-state index in [1.807, 2.05) is 12.1 Å². The number of nitrogens with one attached hydrogen (secondary N) is 1. The third-order valence-corrected chi connectivity index (χ3v) is 5.38. The van der Waals surface area contributed by atoms with Gasteiger partial charge in [-0.2, -0.15) is 0 Å². The smallest absolute Gasteiger partial charge is 0.408 e. The molecule has 0 aliphatic carbocycles. The number of unbranched alkanes of at least 4 members (excludes halogenated alkanes) is 3. The Morgan fingerprint density at radius 1 is 1.00 bits per heavy atom. The van der Waals surface area contributed by atoms with Gasteiger partial charge in [0.05, 0.1) is 6.10 Å². The summed E-state index contributed by atoms with van der Waals surface area (Å²) >= 11 is 0. The molecule has 0 radical (unpaired) electrons. The van der Waals surface area contributed by atoms with Crippen LogP contribution in [0.15, 0.2) is 24.3 Å². The number of carbonyl (C=O) groups excluding carboxylic acids is 2. The second-order valence-electron chi connectivity index (χ2n) is 9.40. The van der Waals surface area contributed by atoms with E-state index < -0.39 is 29.7 Å². The lowest BCUT2D eigenvalue weighted by Gasteiger charge is -2.39. The van der Waals surface area contributed by atoms with Gasteiger partial charge in [0.15, 0.2) is 0 Å². The molecule has 3 N–H and O–H groups in total. The van der Waals surface area contributed by atoms with Crippen LogP contribution >= 0.6 is 0 Å². The molecule has 0 fully saturated rings. The number of Topliss-reactive ketones (excluding diaryl/α,β-unsaturated/α-hetero) is 1. The van der Waals surface area contributed by atoms with Crippen LogP contribution in [0.4, 0.5) is 10.5 Å². The summed E-state index contributed by atoms with van der Waals surface area (Å²) in [5.41, 5.74) is 0.828. The van der Waals surface area contributed by atoms with E-state index in [4.69, 9.17) is 0 Å². The van der Waals surface area contributed by atoms with Crippen LogP contribution in [0.25, 0.3) is 0 Å². The molecule has 0 unspecified atom stereocenters. The average molecular weight is 449 g/mol. The molecule has 2 amide bonds. The summed E-state index contributed by atoms with van der Waals surface area (Å²) < 4.78 is 0. The van der Waals surface area contributed by atoms with E-state index in [0.29, 0.717) is 24.3 Å². The fourth-order valence-corrected chi connectivity index (χ4v) is 3.67. The Labute approximate surface area is 192 Å². The summed E-state index contributed by atoms with van der Waals surface area (Å²) in [5, 5.41) is 22.4. The lowest BCUT2D eigenvalue weighted by molar-refractivity contribution is -0.126. The minimum atomic E-state index is -1.26. The highest BCUT2D eigenvalue weighted by atomic mass is 16.4. The van der Waals surface area contributed by atoms with Crippen molar-refractivity contribution in [1.29, 1.82) is 0 Å². The second kappa shape index (κ2) is 13.2. The highest BCUT2D eigenvalue weighted by Gasteiger charge is 2.40. The van der Waals surface area contributed by atoms with Crippen LogP contribution in [0.3, 0.4) is 0 Å². The van der Waals surface area contributed by atoms with Gasteiger partial charge in [-0.15, -0.1) is 0 Å². The molecular formula is C25H40N2O5. The van der Waals surface area contributed by atoms with Crippen LogP contribution in [0.2, 0.25) is 0 Å². The number of aliphatic hydroxyl groups is 1. The molecular weight excluding hydrogens is 408 g/mol. The van der Waals surface area contributed by atoms with Gasteiger partial charge in [0.25, 0.3) is 0 Å². The molecule has 32 heavy (non-hydrogen) atoms. The minimum Gasteiger partial charge on any atom is -0.465 e. The maximum atomic E-state index is 12.8. The van der Waals surface area contributed by atoms with E-state index >= 15 is 0 Å². The molecule has 0 bridgehead atoms. The number of nitrogens with zero attached hydrogens (tertiary/aromatic N) is 1. The van der Waals surface area contributed by atoms with Crippen molar-refractivity contribution >= 4 is 23.5 Å². The van der Waals surface area contributed by atoms with Gasteiger partial charge in [0, 0.05) is 24.1 Å². The molecule has 0 aromatic heterocycles. The van der Waals surface area contributed by atoms with E-state index in [2.05, 4.69) is 12.2 Å². The van der Waals surface area contributed by atoms with Crippen molar-refractivity contribution in [3.63, 3.8) is 0 Å². The molecule has 1 aromatic rings. The first-order valence-electron chi connectivity index (χ1n) is 11.6. The number of rotatable bonds is 13. The topological polar surface area (TPSA) is 107 Å². The third-order valence-electron chi connectivity index (χ3n) is 5.38. The van der Waals surface area contributed by atoms with E-state index in [0.717, 1.165) is 49.0 Å². The number of hydrogen-bond donors (Lipinski definition) is 3. The van der Waals surface area contributed by atoms with Gasteiger partial charge in [-0.05, 0) is 71.1 Å². The molecule has 0 saturated heterocycles. The van der Waals surface area contributed by atoms with Crippen molar-refractivity contribution in [2.24, 2.45) is 0 Å². The Bertz CT molecular complexity index is 738. The predicted octanol–water partition coefficient (Wildman–Crippen LogP) is 5.02. The van der Waals surface area contributed by atoms with Crippen molar-refractivity contribution in [2.75, 3.05) is 5.32 Å². The van der Waals surface area contributed by atoms with Gasteiger partial charge >= 0.3 is 6.09 Å². The molecule has 0 saturated carbocycles. The number of hydrogen-bond acceptors (Lipinski definition) is 4. The summed E-state index contributed by atoms with van der Waals surface area (Å²) in [6.07, 6.45) is 4.77. The zero-order valence-electron chi connectivity index (χ0n) is 20.2. The summed E-state index contributed by atoms with van der Waals surface area (Å²) in [4.78, 5) is 37.2. The highest BCUT2D eigenvalue weighted by Crippen LogP contribution is 2.22. The SMILES string of the molecule is CCCCC(=O)CCCCCc1ccc(NC(=O)[C@H]([C@@H](C)O)N(C(=O)O)C(C)(C)C)cc1. The Balaban J connectivity index is 2.60. The number of amides is 2. The number of aryl methyl sites for hydroxylation is 1. The van der Waals surface area contributed by atoms with Gasteiger partial charge in [-0.25, -0.2) is 4.79 Å². The van der Waals surface area contributed by atoms with E-state index in [9.17, 15) is 24.6 Å². The Morgan fingerprint density at radius 2 is 1.59 bits per heavy atom. The van der Waals surface area contributed by atoms with E-state index in [-0.39, 0.29) is 0 Å². The molecule has 2 atom stereocenters. The molecule has 0 spiro atoms. The highest BCUT2D eigenvalue weighted by molar-refractivity contribution is 5.97. The van der Waals surface area contributed by atoms with Crippen molar-refractivity contribution < 1.29 is 24.6 Å². The Morgan fingerprint density at radius 3 is 2.09 bits per heavy atom. The van der Waals surface area contributed by atoms with Gasteiger partial charge in [-0.3, -0.25) is 14.5 Å². The maximum Gasteiger partial charge on any atom is 0.408 e. The van der Waals surface area contributed by atoms with Gasteiger partial charge in [0.2, 0.25) is 5.91 Å². The Kier molecular flexibility index (Phi) is 11.4. The van der Waals surface area contributed by atoms with Crippen LogP contribution < -0.4 is 5.32 Å². The summed E-state index contributed by atoms with van der Waals surface area (Å²) in [5.74, 6) is -0.215. The number of anilines is 1. The van der Waals surface area contributed by atoms with E-state index in [1.165, 1.54) is 6.92 Å². The fourth-order valence-electron chi connectivity index (χ4n) is 3.67. The summed E-state index contributed by atoms with van der Waals surface area (Å²) in [6, 6.07) is 6.19. The van der Waals surface area contributed by atoms with Crippen LogP contribution in [0.1, 0.15) is 85.1 Å². The largest absolute Gasteiger partial charge is 0.465 e. The Hall–Kier alpha value is -2.41. The predicted molar refractivity (Wildman–Crippen MR) is 127 cm³/mol. The van der Waals surface area contributed by atoms with Crippen LogP contribution in [0, 0.1) is 0 Å². The van der Waals surface area contributed by atoms with Crippen LogP contribution in [0.5, 0.6) is 0 Å². The van der Waals surface area contributed by atoms with Crippen molar-refractivity contribution in [2.45, 2.75) is 104 Å². The zero-order valence-corrected chi connectivity index (χ0v) is 20.2. The summed E-state index contributed by atoms with van der Waals surface area (Å²) in [7, 11) is 0. The normalized spacial score (nSPS) is 13.3. The van der Waals surface area contributed by atoms with Crippen molar-refractivity contribution in [1.82, 2.24) is 4.90 Å². The van der Waals surface area contributed by atoms with Crippen LogP contribution in [-0.2, 0) is 16.0 Å². The molecule has 7 nitrogen and oxygen atoms in total. The quantitative estimate of drug-likeness (QED) is 0.368. The van der Waals surface area contributed by atoms with Gasteiger partial charge < -0.3 is 15.5 Å². The molecule has 0 heterocycles. The first-order valence-corrected chi connectivity index (χ1v) is 11.6. The number of carboxylic acid groups (broad SMARTS) is 1. The summed E-state index contributed by atoms with van der Waals surface area (Å²) in [6.45, 7) is 8.54. The van der Waals surface area contributed by atoms with E-state index in [1.54, 1.807) is 32.9 Å². The van der Waals surface area contributed by atoms with Crippen molar-refractivity contribution in [3.8, 4) is 0 Å². The second-order valence-corrected chi connectivity index (χ2v) is 9.40. The molecule has 180 valence electrons. The lowest BCUT2D eigenvalue weighted by Crippen LogP contribution is -2.59. The first kappa shape index (κ1) is 27.6.